The fraction of sp³-hybridized carbons (Fsp3) is 0.731. The maximum Gasteiger partial charge on any atom is 0.330 e. The van der Waals surface area contributed by atoms with Crippen molar-refractivity contribution in [2.45, 2.75) is 92.4 Å². The Morgan fingerprint density at radius 1 is 1.18 bits per heavy atom. The standard InChI is InChI=1S/C26H42O2/c1-19(10-8-11-20(2)18-24(27)28-7)12-14-22-21(3)13-15-23-25(4,5)16-9-17-26(22,23)6/h10,18,22-23H,3,8-9,11-17H2,1-2,4-7H3/b19-10+,20-18-/t22-,23?,26+/m0/s1. The van der Waals surface area contributed by atoms with E-state index in [1.54, 1.807) is 6.08 Å². The highest BCUT2D eigenvalue weighted by molar-refractivity contribution is 5.82. The number of carbonyl (C=O) groups is 1. The van der Waals surface area contributed by atoms with Gasteiger partial charge in [0.1, 0.15) is 0 Å². The summed E-state index contributed by atoms with van der Waals surface area (Å²) >= 11 is 0. The summed E-state index contributed by atoms with van der Waals surface area (Å²) < 4.78 is 4.69. The molecule has 0 aliphatic heterocycles. The zero-order valence-electron chi connectivity index (χ0n) is 19.2. The van der Waals surface area contributed by atoms with Gasteiger partial charge in [-0.05, 0) is 87.9 Å². The maximum absolute atomic E-state index is 11.3. The zero-order chi connectivity index (χ0) is 20.9. The molecule has 0 N–H and O–H groups in total. The highest BCUT2D eigenvalue weighted by Gasteiger charge is 2.52. The molecule has 28 heavy (non-hydrogen) atoms. The third-order valence-corrected chi connectivity index (χ3v) is 7.74. The van der Waals surface area contributed by atoms with E-state index in [1.165, 1.54) is 56.8 Å². The van der Waals surface area contributed by atoms with Gasteiger partial charge in [0, 0.05) is 6.08 Å². The molecule has 0 heterocycles. The largest absolute Gasteiger partial charge is 0.466 e. The molecule has 0 spiro atoms. The molecule has 158 valence electrons. The number of fused-ring (bicyclic) bond motifs is 1. The van der Waals surface area contributed by atoms with Crippen molar-refractivity contribution in [3.05, 3.63) is 35.5 Å². The van der Waals surface area contributed by atoms with Crippen LogP contribution in [0.15, 0.2) is 35.5 Å². The number of hydrogen-bond acceptors (Lipinski definition) is 2. The molecule has 2 saturated carbocycles. The number of methoxy groups -OCH3 is 1. The molecule has 2 fully saturated rings. The molecular weight excluding hydrogens is 344 g/mol. The van der Waals surface area contributed by atoms with E-state index in [9.17, 15) is 4.79 Å². The second-order valence-electron chi connectivity index (χ2n) is 10.3. The fourth-order valence-corrected chi connectivity index (χ4v) is 6.16. The highest BCUT2D eigenvalue weighted by atomic mass is 16.5. The molecule has 0 amide bonds. The molecule has 1 unspecified atom stereocenters. The molecule has 3 atom stereocenters. The van der Waals surface area contributed by atoms with Crippen LogP contribution in [0, 0.1) is 22.7 Å². The third kappa shape index (κ3) is 5.39. The Kier molecular flexibility index (Phi) is 7.76. The smallest absolute Gasteiger partial charge is 0.330 e. The first-order valence-corrected chi connectivity index (χ1v) is 11.2. The van der Waals surface area contributed by atoms with Gasteiger partial charge in [0.15, 0.2) is 0 Å². The van der Waals surface area contributed by atoms with E-state index >= 15 is 0 Å². The summed E-state index contributed by atoms with van der Waals surface area (Å²) in [6.45, 7) is 16.3. The van der Waals surface area contributed by atoms with Crippen LogP contribution in [0.4, 0.5) is 0 Å². The summed E-state index contributed by atoms with van der Waals surface area (Å²) in [7, 11) is 1.42. The minimum absolute atomic E-state index is 0.257. The van der Waals surface area contributed by atoms with E-state index in [1.807, 2.05) is 6.92 Å². The van der Waals surface area contributed by atoms with Gasteiger partial charge in [0.05, 0.1) is 7.11 Å². The Balaban J connectivity index is 1.95. The molecule has 2 aliphatic carbocycles. The lowest BCUT2D eigenvalue weighted by Gasteiger charge is -2.58. The summed E-state index contributed by atoms with van der Waals surface area (Å²) in [5.74, 6) is 1.24. The van der Waals surface area contributed by atoms with Crippen LogP contribution >= 0.6 is 0 Å². The predicted octanol–water partition coefficient (Wildman–Crippen LogP) is 7.41. The predicted molar refractivity (Wildman–Crippen MR) is 119 cm³/mol. The molecule has 2 rings (SSSR count). The molecule has 2 nitrogen and oxygen atoms in total. The van der Waals surface area contributed by atoms with E-state index in [2.05, 4.69) is 40.3 Å². The highest BCUT2D eigenvalue weighted by Crippen LogP contribution is 2.61. The Morgan fingerprint density at radius 2 is 1.89 bits per heavy atom. The Labute approximate surface area is 173 Å². The first-order chi connectivity index (χ1) is 13.1. The molecule has 0 aromatic carbocycles. The van der Waals surface area contributed by atoms with Crippen molar-refractivity contribution in [3.63, 3.8) is 0 Å². The molecule has 0 aromatic rings. The molecular formula is C26H42O2. The van der Waals surface area contributed by atoms with Crippen molar-refractivity contribution in [2.75, 3.05) is 7.11 Å². The fourth-order valence-electron chi connectivity index (χ4n) is 6.16. The van der Waals surface area contributed by atoms with Crippen LogP contribution in [0.5, 0.6) is 0 Å². The molecule has 0 aromatic heterocycles. The van der Waals surface area contributed by atoms with Crippen LogP contribution in [-0.2, 0) is 9.53 Å². The van der Waals surface area contributed by atoms with E-state index in [4.69, 9.17) is 4.74 Å². The van der Waals surface area contributed by atoms with Gasteiger partial charge in [0.2, 0.25) is 0 Å². The van der Waals surface area contributed by atoms with Crippen molar-refractivity contribution in [2.24, 2.45) is 22.7 Å². The summed E-state index contributed by atoms with van der Waals surface area (Å²) in [5.41, 5.74) is 4.95. The Morgan fingerprint density at radius 3 is 2.57 bits per heavy atom. The van der Waals surface area contributed by atoms with Crippen molar-refractivity contribution in [1.29, 1.82) is 0 Å². The molecule has 0 saturated heterocycles. The lowest BCUT2D eigenvalue weighted by atomic mass is 9.47. The number of hydrogen-bond donors (Lipinski definition) is 0. The Hall–Kier alpha value is -1.31. The molecule has 2 heteroatoms. The van der Waals surface area contributed by atoms with Crippen molar-refractivity contribution < 1.29 is 9.53 Å². The van der Waals surface area contributed by atoms with Gasteiger partial charge in [-0.25, -0.2) is 4.79 Å². The quantitative estimate of drug-likeness (QED) is 0.259. The van der Waals surface area contributed by atoms with E-state index < -0.39 is 0 Å². The summed E-state index contributed by atoms with van der Waals surface area (Å²) in [6.07, 6.45) is 14.9. The minimum Gasteiger partial charge on any atom is -0.466 e. The third-order valence-electron chi connectivity index (χ3n) is 7.74. The first kappa shape index (κ1) is 23.0. The number of esters is 1. The SMILES string of the molecule is C=C1CCC2C(C)(C)CCC[C@]2(C)[C@H]1CC/C(C)=C/CC/C(C)=C\C(=O)OC. The van der Waals surface area contributed by atoms with Crippen LogP contribution < -0.4 is 0 Å². The van der Waals surface area contributed by atoms with Gasteiger partial charge in [-0.15, -0.1) is 0 Å². The first-order valence-electron chi connectivity index (χ1n) is 11.2. The lowest BCUT2D eigenvalue weighted by molar-refractivity contribution is -0.134. The summed E-state index contributed by atoms with van der Waals surface area (Å²) in [5, 5.41) is 0. The van der Waals surface area contributed by atoms with Crippen LogP contribution in [-0.4, -0.2) is 13.1 Å². The average Bonchev–Trinajstić information content (AvgIpc) is 2.60. The van der Waals surface area contributed by atoms with Crippen molar-refractivity contribution >= 4 is 5.97 Å². The van der Waals surface area contributed by atoms with Crippen molar-refractivity contribution in [1.82, 2.24) is 0 Å². The van der Waals surface area contributed by atoms with Crippen LogP contribution in [0.25, 0.3) is 0 Å². The van der Waals surface area contributed by atoms with Crippen molar-refractivity contribution in [3.8, 4) is 0 Å². The second kappa shape index (κ2) is 9.46. The number of carbonyl (C=O) groups excluding carboxylic acids is 1. The summed E-state index contributed by atoms with van der Waals surface area (Å²) in [4.78, 5) is 11.3. The second-order valence-corrected chi connectivity index (χ2v) is 10.3. The van der Waals surface area contributed by atoms with Gasteiger partial charge in [-0.1, -0.05) is 56.6 Å². The lowest BCUT2D eigenvalue weighted by Crippen LogP contribution is -2.49. The number of rotatable bonds is 7. The van der Waals surface area contributed by atoms with E-state index in [0.717, 1.165) is 30.8 Å². The molecule has 0 bridgehead atoms. The molecule has 0 radical (unpaired) electrons. The van der Waals surface area contributed by atoms with E-state index in [-0.39, 0.29) is 5.97 Å². The number of allylic oxidation sites excluding steroid dienone is 4. The van der Waals surface area contributed by atoms with Crippen LogP contribution in [0.1, 0.15) is 92.4 Å². The van der Waals surface area contributed by atoms with Gasteiger partial charge in [0.25, 0.3) is 0 Å². The Bertz CT molecular complexity index is 637. The zero-order valence-corrected chi connectivity index (χ0v) is 19.2. The van der Waals surface area contributed by atoms with Crippen LogP contribution in [0.3, 0.4) is 0 Å². The van der Waals surface area contributed by atoms with Gasteiger partial charge >= 0.3 is 5.97 Å². The maximum atomic E-state index is 11.3. The van der Waals surface area contributed by atoms with E-state index in [0.29, 0.717) is 16.7 Å². The number of ether oxygens (including phenoxy) is 1. The molecule has 2 aliphatic rings. The summed E-state index contributed by atoms with van der Waals surface area (Å²) in [6, 6.07) is 0. The van der Waals surface area contributed by atoms with Gasteiger partial charge in [-0.3, -0.25) is 0 Å². The topological polar surface area (TPSA) is 26.3 Å². The van der Waals surface area contributed by atoms with Crippen LogP contribution in [0.2, 0.25) is 0 Å². The van der Waals surface area contributed by atoms with Gasteiger partial charge < -0.3 is 4.74 Å². The minimum atomic E-state index is -0.257. The average molecular weight is 387 g/mol. The normalized spacial score (nSPS) is 30.7. The van der Waals surface area contributed by atoms with Gasteiger partial charge in [-0.2, -0.15) is 0 Å². The monoisotopic (exact) mass is 386 g/mol.